The summed E-state index contributed by atoms with van der Waals surface area (Å²) in [6, 6.07) is 8.78. The fourth-order valence-corrected chi connectivity index (χ4v) is 3.45. The van der Waals surface area contributed by atoms with Crippen LogP contribution in [0.25, 0.3) is 10.8 Å². The van der Waals surface area contributed by atoms with Crippen molar-refractivity contribution in [1.29, 1.82) is 0 Å². The Balaban J connectivity index is 1.49. The number of likely N-dealkylation sites (tertiary alicyclic amines) is 1. The molecule has 1 aliphatic rings. The topological polar surface area (TPSA) is 88.3 Å². The van der Waals surface area contributed by atoms with Gasteiger partial charge in [0.25, 0.3) is 11.8 Å². The largest absolute Gasteiger partial charge is 0.361 e. The maximum absolute atomic E-state index is 14.3. The summed E-state index contributed by atoms with van der Waals surface area (Å²) >= 11 is 0. The van der Waals surface area contributed by atoms with Gasteiger partial charge in [0.1, 0.15) is 23.2 Å². The van der Waals surface area contributed by atoms with E-state index in [1.165, 1.54) is 11.1 Å². The molecule has 2 atom stereocenters. The molecular weight excluding hydrogens is 363 g/mol. The van der Waals surface area contributed by atoms with E-state index in [2.05, 4.69) is 15.5 Å². The first kappa shape index (κ1) is 18.1. The zero-order chi connectivity index (χ0) is 19.7. The molecule has 3 aromatic rings. The molecule has 144 valence electrons. The van der Waals surface area contributed by atoms with Crippen LogP contribution in [0.4, 0.5) is 4.39 Å². The van der Waals surface area contributed by atoms with Crippen molar-refractivity contribution in [2.24, 2.45) is 0 Å². The quantitative estimate of drug-likeness (QED) is 0.752. The van der Waals surface area contributed by atoms with Gasteiger partial charge in [-0.05, 0) is 18.4 Å². The molecule has 2 amide bonds. The number of aryl methyl sites for hydroxylation is 1. The lowest BCUT2D eigenvalue weighted by atomic mass is 10.0. The van der Waals surface area contributed by atoms with E-state index in [-0.39, 0.29) is 31.1 Å². The van der Waals surface area contributed by atoms with Gasteiger partial charge in [0.05, 0.1) is 12.7 Å². The van der Waals surface area contributed by atoms with Crippen LogP contribution in [-0.4, -0.2) is 52.2 Å². The standard InChI is InChI=1S/C20H19FN4O3/c1-12-17(9-23-28-12)19(26)24-16-7-15(21)10-25(11-16)20(27)18-6-13-4-2-3-5-14(13)8-22-18/h2-6,8-9,15-16H,7,10-11H2,1H3,(H,24,26)/t15-,16+/m1/s1. The number of carbonyl (C=O) groups excluding carboxylic acids is 2. The molecule has 3 heterocycles. The summed E-state index contributed by atoms with van der Waals surface area (Å²) in [5, 5.41) is 8.16. The van der Waals surface area contributed by atoms with E-state index in [1.807, 2.05) is 24.3 Å². The molecule has 0 aliphatic carbocycles. The van der Waals surface area contributed by atoms with Gasteiger partial charge in [-0.2, -0.15) is 0 Å². The van der Waals surface area contributed by atoms with Crippen LogP contribution >= 0.6 is 0 Å². The molecule has 4 rings (SSSR count). The number of fused-ring (bicyclic) bond motifs is 1. The SMILES string of the molecule is Cc1oncc1C(=O)N[C@H]1C[C@@H](F)CN(C(=O)c2cc3ccccc3cn2)C1. The minimum atomic E-state index is -1.23. The smallest absolute Gasteiger partial charge is 0.272 e. The molecule has 7 nitrogen and oxygen atoms in total. The zero-order valence-corrected chi connectivity index (χ0v) is 15.3. The lowest BCUT2D eigenvalue weighted by molar-refractivity contribution is 0.0557. The van der Waals surface area contributed by atoms with Gasteiger partial charge in [0.2, 0.25) is 0 Å². The number of hydrogen-bond acceptors (Lipinski definition) is 5. The average Bonchev–Trinajstić information content (AvgIpc) is 3.12. The predicted molar refractivity (Wildman–Crippen MR) is 99.7 cm³/mol. The number of aromatic nitrogens is 2. The van der Waals surface area contributed by atoms with Crippen molar-refractivity contribution in [2.45, 2.75) is 25.6 Å². The Morgan fingerprint density at radius 1 is 1.21 bits per heavy atom. The Morgan fingerprint density at radius 3 is 2.75 bits per heavy atom. The van der Waals surface area contributed by atoms with Crippen molar-refractivity contribution in [3.63, 3.8) is 0 Å². The monoisotopic (exact) mass is 382 g/mol. The summed E-state index contributed by atoms with van der Waals surface area (Å²) < 4.78 is 19.2. The van der Waals surface area contributed by atoms with Crippen molar-refractivity contribution < 1.29 is 18.5 Å². The summed E-state index contributed by atoms with van der Waals surface area (Å²) in [5.74, 6) is -0.360. The molecule has 8 heteroatoms. The second-order valence-electron chi connectivity index (χ2n) is 6.93. The maximum atomic E-state index is 14.3. The highest BCUT2D eigenvalue weighted by atomic mass is 19.1. The van der Waals surface area contributed by atoms with E-state index >= 15 is 0 Å². The van der Waals surface area contributed by atoms with Gasteiger partial charge in [-0.15, -0.1) is 0 Å². The molecule has 0 saturated carbocycles. The fraction of sp³-hybridized carbons (Fsp3) is 0.300. The molecule has 0 unspecified atom stereocenters. The zero-order valence-electron chi connectivity index (χ0n) is 15.3. The van der Waals surface area contributed by atoms with Crippen molar-refractivity contribution in [2.75, 3.05) is 13.1 Å². The summed E-state index contributed by atoms with van der Waals surface area (Å²) in [6.45, 7) is 1.82. The highest BCUT2D eigenvalue weighted by Crippen LogP contribution is 2.19. The summed E-state index contributed by atoms with van der Waals surface area (Å²) in [6.07, 6.45) is 1.87. The molecule has 2 aromatic heterocycles. The van der Waals surface area contributed by atoms with Crippen molar-refractivity contribution >= 4 is 22.6 Å². The summed E-state index contributed by atoms with van der Waals surface area (Å²) in [5.41, 5.74) is 0.558. The number of benzene rings is 1. The molecule has 0 spiro atoms. The first-order valence-corrected chi connectivity index (χ1v) is 9.01. The lowest BCUT2D eigenvalue weighted by Crippen LogP contribution is -2.53. The Bertz CT molecular complexity index is 1030. The van der Waals surface area contributed by atoms with Gasteiger partial charge in [-0.3, -0.25) is 14.6 Å². The second-order valence-corrected chi connectivity index (χ2v) is 6.93. The average molecular weight is 382 g/mol. The second kappa shape index (κ2) is 7.38. The number of carbonyl (C=O) groups is 2. The minimum Gasteiger partial charge on any atom is -0.361 e. The van der Waals surface area contributed by atoms with E-state index in [9.17, 15) is 14.0 Å². The molecule has 0 bridgehead atoms. The number of nitrogens with zero attached hydrogens (tertiary/aromatic N) is 3. The molecule has 1 N–H and O–H groups in total. The molecule has 1 saturated heterocycles. The number of alkyl halides is 1. The normalized spacial score (nSPS) is 19.6. The summed E-state index contributed by atoms with van der Waals surface area (Å²) in [4.78, 5) is 30.8. The highest BCUT2D eigenvalue weighted by molar-refractivity contribution is 5.97. The lowest BCUT2D eigenvalue weighted by Gasteiger charge is -2.34. The first-order valence-electron chi connectivity index (χ1n) is 9.01. The molecule has 1 fully saturated rings. The van der Waals surface area contributed by atoms with Crippen LogP contribution in [0.1, 0.15) is 33.0 Å². The van der Waals surface area contributed by atoms with Gasteiger partial charge in [0, 0.05) is 30.6 Å². The number of hydrogen-bond donors (Lipinski definition) is 1. The van der Waals surface area contributed by atoms with Gasteiger partial charge in [-0.25, -0.2) is 4.39 Å². The summed E-state index contributed by atoms with van der Waals surface area (Å²) in [7, 11) is 0. The van der Waals surface area contributed by atoms with Crippen LogP contribution in [-0.2, 0) is 0 Å². The van der Waals surface area contributed by atoms with E-state index < -0.39 is 18.1 Å². The Labute approximate surface area is 160 Å². The number of pyridine rings is 1. The third kappa shape index (κ3) is 3.58. The highest BCUT2D eigenvalue weighted by Gasteiger charge is 2.32. The van der Waals surface area contributed by atoms with E-state index in [1.54, 1.807) is 19.2 Å². The predicted octanol–water partition coefficient (Wildman–Crippen LogP) is 2.51. The third-order valence-corrected chi connectivity index (χ3v) is 4.87. The Kier molecular flexibility index (Phi) is 4.77. The van der Waals surface area contributed by atoms with E-state index in [0.717, 1.165) is 10.8 Å². The number of amides is 2. The number of nitrogens with one attached hydrogen (secondary N) is 1. The molecule has 1 aromatic carbocycles. The van der Waals surface area contributed by atoms with E-state index in [0.29, 0.717) is 11.3 Å². The van der Waals surface area contributed by atoms with Crippen LogP contribution < -0.4 is 5.32 Å². The van der Waals surface area contributed by atoms with Crippen molar-refractivity contribution in [3.05, 3.63) is 59.7 Å². The van der Waals surface area contributed by atoms with Crippen LogP contribution in [0.2, 0.25) is 0 Å². The van der Waals surface area contributed by atoms with Crippen LogP contribution in [0.15, 0.2) is 47.2 Å². The van der Waals surface area contributed by atoms with Crippen LogP contribution in [0, 0.1) is 6.92 Å². The van der Waals surface area contributed by atoms with E-state index in [4.69, 9.17) is 4.52 Å². The maximum Gasteiger partial charge on any atom is 0.272 e. The Morgan fingerprint density at radius 2 is 2.00 bits per heavy atom. The molecule has 28 heavy (non-hydrogen) atoms. The number of piperidine rings is 1. The minimum absolute atomic E-state index is 0.0218. The van der Waals surface area contributed by atoms with Crippen LogP contribution in [0.5, 0.6) is 0 Å². The molecule has 0 radical (unpaired) electrons. The van der Waals surface area contributed by atoms with Crippen molar-refractivity contribution in [1.82, 2.24) is 20.4 Å². The van der Waals surface area contributed by atoms with Gasteiger partial charge in [-0.1, -0.05) is 29.4 Å². The Hall–Kier alpha value is -3.29. The first-order chi connectivity index (χ1) is 13.5. The van der Waals surface area contributed by atoms with Gasteiger partial charge in [0.15, 0.2) is 0 Å². The fourth-order valence-electron chi connectivity index (χ4n) is 3.45. The number of rotatable bonds is 3. The molecular formula is C20H19FN4O3. The van der Waals surface area contributed by atoms with Crippen LogP contribution in [0.3, 0.4) is 0 Å². The van der Waals surface area contributed by atoms with Gasteiger partial charge < -0.3 is 14.7 Å². The molecule has 1 aliphatic heterocycles. The van der Waals surface area contributed by atoms with Crippen molar-refractivity contribution in [3.8, 4) is 0 Å². The third-order valence-electron chi connectivity index (χ3n) is 4.87. The number of halogens is 1. The van der Waals surface area contributed by atoms with Gasteiger partial charge >= 0.3 is 0 Å².